The zero-order valence-corrected chi connectivity index (χ0v) is 9.61. The summed E-state index contributed by atoms with van der Waals surface area (Å²) in [7, 11) is 0. The van der Waals surface area contributed by atoms with Crippen LogP contribution in [0.3, 0.4) is 0 Å². The fraction of sp³-hybridized carbons (Fsp3) is 0.364. The van der Waals surface area contributed by atoms with E-state index in [-0.39, 0.29) is 0 Å². The van der Waals surface area contributed by atoms with Crippen molar-refractivity contribution in [2.24, 2.45) is 0 Å². The number of hydrogen-bond acceptors (Lipinski definition) is 1. The standard InChI is InChI=1S/C11H11ClF3NO/c12-7-8-1-3-9(4-2-8)16-10(17)5-6-11(13,14)15/h1-4H,5-7H2,(H,16,17). The monoisotopic (exact) mass is 265 g/mol. The van der Waals surface area contributed by atoms with Crippen molar-refractivity contribution in [1.29, 1.82) is 0 Å². The van der Waals surface area contributed by atoms with Gasteiger partial charge in [0.1, 0.15) is 0 Å². The van der Waals surface area contributed by atoms with Crippen molar-refractivity contribution >= 4 is 23.2 Å². The minimum atomic E-state index is -4.31. The number of hydrogen-bond donors (Lipinski definition) is 1. The van der Waals surface area contributed by atoms with Gasteiger partial charge in [0.25, 0.3) is 0 Å². The molecule has 6 heteroatoms. The average Bonchev–Trinajstić information content (AvgIpc) is 2.27. The predicted molar refractivity (Wildman–Crippen MR) is 59.9 cm³/mol. The fourth-order valence-electron chi connectivity index (χ4n) is 1.16. The first kappa shape index (κ1) is 13.8. The van der Waals surface area contributed by atoms with E-state index in [0.717, 1.165) is 5.56 Å². The zero-order valence-electron chi connectivity index (χ0n) is 8.85. The highest BCUT2D eigenvalue weighted by Crippen LogP contribution is 2.21. The van der Waals surface area contributed by atoms with Crippen LogP contribution in [0.15, 0.2) is 24.3 Å². The molecule has 0 heterocycles. The van der Waals surface area contributed by atoms with E-state index < -0.39 is 24.9 Å². The Kier molecular flexibility index (Phi) is 4.81. The third-order valence-corrected chi connectivity index (χ3v) is 2.34. The molecule has 0 bridgehead atoms. The van der Waals surface area contributed by atoms with Crippen LogP contribution < -0.4 is 5.32 Å². The minimum absolute atomic E-state index is 0.350. The van der Waals surface area contributed by atoms with E-state index in [1.54, 1.807) is 24.3 Å². The van der Waals surface area contributed by atoms with Gasteiger partial charge >= 0.3 is 6.18 Å². The number of carbonyl (C=O) groups excluding carboxylic acids is 1. The summed E-state index contributed by atoms with van der Waals surface area (Å²) >= 11 is 5.57. The zero-order chi connectivity index (χ0) is 12.9. The van der Waals surface area contributed by atoms with E-state index in [0.29, 0.717) is 11.6 Å². The van der Waals surface area contributed by atoms with Gasteiger partial charge in [0.15, 0.2) is 0 Å². The van der Waals surface area contributed by atoms with Crippen LogP contribution >= 0.6 is 11.6 Å². The van der Waals surface area contributed by atoms with E-state index in [2.05, 4.69) is 5.32 Å². The Hall–Kier alpha value is -1.23. The van der Waals surface area contributed by atoms with Crippen LogP contribution in [-0.4, -0.2) is 12.1 Å². The number of nitrogens with one attached hydrogen (secondary N) is 1. The fourth-order valence-corrected chi connectivity index (χ4v) is 1.33. The summed E-state index contributed by atoms with van der Waals surface area (Å²) in [5, 5.41) is 2.38. The van der Waals surface area contributed by atoms with Crippen LogP contribution in [0.4, 0.5) is 18.9 Å². The number of benzene rings is 1. The van der Waals surface area contributed by atoms with Crippen LogP contribution in [0, 0.1) is 0 Å². The molecule has 0 aromatic heterocycles. The van der Waals surface area contributed by atoms with Crippen LogP contribution in [-0.2, 0) is 10.7 Å². The number of carbonyl (C=O) groups is 1. The average molecular weight is 266 g/mol. The van der Waals surface area contributed by atoms with E-state index in [1.807, 2.05) is 0 Å². The molecule has 1 rings (SSSR count). The van der Waals surface area contributed by atoms with Crippen molar-refractivity contribution in [3.63, 3.8) is 0 Å². The Balaban J connectivity index is 2.45. The molecule has 0 fully saturated rings. The Bertz CT molecular complexity index is 375. The topological polar surface area (TPSA) is 29.1 Å². The maximum atomic E-state index is 11.9. The highest BCUT2D eigenvalue weighted by molar-refractivity contribution is 6.17. The lowest BCUT2D eigenvalue weighted by atomic mass is 10.2. The smallest absolute Gasteiger partial charge is 0.326 e. The van der Waals surface area contributed by atoms with Gasteiger partial charge in [-0.2, -0.15) is 13.2 Å². The van der Waals surface area contributed by atoms with Crippen molar-refractivity contribution in [1.82, 2.24) is 0 Å². The van der Waals surface area contributed by atoms with Crippen LogP contribution in [0.1, 0.15) is 18.4 Å². The molecular formula is C11H11ClF3NO. The second kappa shape index (κ2) is 5.91. The molecule has 0 aliphatic heterocycles. The molecule has 1 amide bonds. The van der Waals surface area contributed by atoms with Crippen LogP contribution in [0.2, 0.25) is 0 Å². The first-order chi connectivity index (χ1) is 7.90. The van der Waals surface area contributed by atoms with Crippen LogP contribution in [0.5, 0.6) is 0 Å². The molecule has 0 unspecified atom stereocenters. The number of amides is 1. The summed E-state index contributed by atoms with van der Waals surface area (Å²) in [5.41, 5.74) is 1.34. The summed E-state index contributed by atoms with van der Waals surface area (Å²) in [6.45, 7) is 0. The Labute approximate surface area is 102 Å². The first-order valence-corrected chi connectivity index (χ1v) is 5.45. The molecule has 0 saturated heterocycles. The van der Waals surface area contributed by atoms with Gasteiger partial charge in [-0.25, -0.2) is 0 Å². The van der Waals surface area contributed by atoms with Crippen molar-refractivity contribution in [2.75, 3.05) is 5.32 Å². The molecule has 1 aromatic carbocycles. The molecule has 0 spiro atoms. The highest BCUT2D eigenvalue weighted by Gasteiger charge is 2.27. The number of halogens is 4. The van der Waals surface area contributed by atoms with Gasteiger partial charge in [-0.3, -0.25) is 4.79 Å². The quantitative estimate of drug-likeness (QED) is 0.826. The largest absolute Gasteiger partial charge is 0.389 e. The third kappa shape index (κ3) is 5.58. The van der Waals surface area contributed by atoms with E-state index in [9.17, 15) is 18.0 Å². The molecule has 0 aliphatic rings. The molecule has 0 radical (unpaired) electrons. The highest BCUT2D eigenvalue weighted by atomic mass is 35.5. The maximum Gasteiger partial charge on any atom is 0.389 e. The van der Waals surface area contributed by atoms with E-state index in [4.69, 9.17) is 11.6 Å². The van der Waals surface area contributed by atoms with E-state index >= 15 is 0 Å². The van der Waals surface area contributed by atoms with Gasteiger partial charge in [-0.15, -0.1) is 11.6 Å². The SMILES string of the molecule is O=C(CCC(F)(F)F)Nc1ccc(CCl)cc1. The second-order valence-electron chi connectivity index (χ2n) is 3.49. The van der Waals surface area contributed by atoms with E-state index in [1.165, 1.54) is 0 Å². The van der Waals surface area contributed by atoms with Crippen molar-refractivity contribution < 1.29 is 18.0 Å². The normalized spacial score (nSPS) is 11.3. The van der Waals surface area contributed by atoms with Crippen LogP contribution in [0.25, 0.3) is 0 Å². The summed E-state index contributed by atoms with van der Waals surface area (Å²) in [6.07, 6.45) is -5.99. The molecule has 0 atom stereocenters. The lowest BCUT2D eigenvalue weighted by molar-refractivity contribution is -0.142. The minimum Gasteiger partial charge on any atom is -0.326 e. The number of alkyl halides is 4. The van der Waals surface area contributed by atoms with Crippen molar-refractivity contribution in [2.45, 2.75) is 24.9 Å². The summed E-state index contributed by atoms with van der Waals surface area (Å²) < 4.78 is 35.6. The lowest BCUT2D eigenvalue weighted by Gasteiger charge is -2.07. The molecule has 94 valence electrons. The first-order valence-electron chi connectivity index (χ1n) is 4.92. The molecule has 0 aliphatic carbocycles. The molecular weight excluding hydrogens is 255 g/mol. The lowest BCUT2D eigenvalue weighted by Crippen LogP contribution is -2.16. The van der Waals surface area contributed by atoms with Gasteiger partial charge < -0.3 is 5.32 Å². The number of anilines is 1. The third-order valence-electron chi connectivity index (χ3n) is 2.03. The van der Waals surface area contributed by atoms with Gasteiger partial charge in [0.2, 0.25) is 5.91 Å². The van der Waals surface area contributed by atoms with Gasteiger partial charge in [-0.05, 0) is 17.7 Å². The Morgan fingerprint density at radius 3 is 2.29 bits per heavy atom. The van der Waals surface area contributed by atoms with Crippen molar-refractivity contribution in [3.05, 3.63) is 29.8 Å². The molecule has 17 heavy (non-hydrogen) atoms. The second-order valence-corrected chi connectivity index (χ2v) is 3.76. The predicted octanol–water partition coefficient (Wildman–Crippen LogP) is 3.71. The van der Waals surface area contributed by atoms with Crippen molar-refractivity contribution in [3.8, 4) is 0 Å². The molecule has 2 nitrogen and oxygen atoms in total. The molecule has 0 saturated carbocycles. The van der Waals surface area contributed by atoms with Gasteiger partial charge in [-0.1, -0.05) is 12.1 Å². The maximum absolute atomic E-state index is 11.9. The van der Waals surface area contributed by atoms with Gasteiger partial charge in [0, 0.05) is 18.0 Å². The Morgan fingerprint density at radius 1 is 1.24 bits per heavy atom. The Morgan fingerprint density at radius 2 is 1.82 bits per heavy atom. The summed E-state index contributed by atoms with van der Waals surface area (Å²) in [6, 6.07) is 6.60. The van der Waals surface area contributed by atoms with Gasteiger partial charge in [0.05, 0.1) is 6.42 Å². The summed E-state index contributed by atoms with van der Waals surface area (Å²) in [5.74, 6) is -0.302. The summed E-state index contributed by atoms with van der Waals surface area (Å²) in [4.78, 5) is 11.2. The number of rotatable bonds is 4. The molecule has 1 aromatic rings. The molecule has 1 N–H and O–H groups in total.